The molecule has 1 aliphatic heterocycles. The molecule has 0 radical (unpaired) electrons. The van der Waals surface area contributed by atoms with Gasteiger partial charge in [-0.2, -0.15) is 5.10 Å². The second-order valence-electron chi connectivity index (χ2n) is 4.09. The van der Waals surface area contributed by atoms with Crippen molar-refractivity contribution in [3.63, 3.8) is 0 Å². The van der Waals surface area contributed by atoms with E-state index < -0.39 is 5.91 Å². The number of aryl methyl sites for hydroxylation is 2. The van der Waals surface area contributed by atoms with Crippen molar-refractivity contribution >= 4 is 17.5 Å². The average Bonchev–Trinajstić information content (AvgIpc) is 2.71. The molecule has 1 fully saturated rings. The van der Waals surface area contributed by atoms with Crippen LogP contribution in [0.3, 0.4) is 0 Å². The Kier molecular flexibility index (Phi) is 2.41. The van der Waals surface area contributed by atoms with Crippen LogP contribution in [-0.2, 0) is 9.59 Å². The number of aromatic nitrogens is 2. The van der Waals surface area contributed by atoms with Crippen molar-refractivity contribution in [1.29, 1.82) is 0 Å². The third-order valence-corrected chi connectivity index (χ3v) is 2.89. The van der Waals surface area contributed by atoms with Crippen molar-refractivity contribution in [2.75, 3.05) is 11.4 Å². The minimum atomic E-state index is -0.422. The Morgan fingerprint density at radius 3 is 2.69 bits per heavy atom. The molecule has 0 aromatic carbocycles. The molecule has 0 aliphatic carbocycles. The fraction of sp³-hybridized carbons (Fsp3) is 0.500. The van der Waals surface area contributed by atoms with Gasteiger partial charge in [0.15, 0.2) is 0 Å². The number of hydrogen-bond donors (Lipinski definition) is 2. The number of rotatable bonds is 2. The molecule has 86 valence electrons. The smallest absolute Gasteiger partial charge is 0.227 e. The lowest BCUT2D eigenvalue weighted by Crippen LogP contribution is -2.29. The van der Waals surface area contributed by atoms with E-state index in [9.17, 15) is 9.59 Å². The Bertz CT molecular complexity index is 432. The molecule has 1 atom stereocenters. The lowest BCUT2D eigenvalue weighted by Gasteiger charge is -2.16. The molecule has 1 aromatic rings. The van der Waals surface area contributed by atoms with Gasteiger partial charge in [0.2, 0.25) is 11.8 Å². The second-order valence-corrected chi connectivity index (χ2v) is 4.09. The van der Waals surface area contributed by atoms with Crippen LogP contribution in [0.5, 0.6) is 0 Å². The van der Waals surface area contributed by atoms with Gasteiger partial charge in [-0.1, -0.05) is 0 Å². The Morgan fingerprint density at radius 1 is 1.56 bits per heavy atom. The average molecular weight is 222 g/mol. The predicted octanol–water partition coefficient (Wildman–Crippen LogP) is -0.135. The molecule has 0 saturated carbocycles. The number of H-pyrrole nitrogens is 1. The first-order chi connectivity index (χ1) is 7.50. The van der Waals surface area contributed by atoms with E-state index in [-0.39, 0.29) is 18.2 Å². The first-order valence-electron chi connectivity index (χ1n) is 5.12. The van der Waals surface area contributed by atoms with E-state index in [2.05, 4.69) is 10.2 Å². The molecule has 0 bridgehead atoms. The fourth-order valence-electron chi connectivity index (χ4n) is 2.06. The van der Waals surface area contributed by atoms with E-state index in [1.807, 2.05) is 13.8 Å². The Morgan fingerprint density at radius 2 is 2.25 bits per heavy atom. The van der Waals surface area contributed by atoms with Crippen molar-refractivity contribution in [3.05, 3.63) is 11.4 Å². The quantitative estimate of drug-likeness (QED) is 0.729. The Balaban J connectivity index is 2.30. The molecule has 6 heteroatoms. The van der Waals surface area contributed by atoms with Gasteiger partial charge in [-0.25, -0.2) is 0 Å². The highest BCUT2D eigenvalue weighted by atomic mass is 16.2. The van der Waals surface area contributed by atoms with Crippen LogP contribution >= 0.6 is 0 Å². The number of primary amides is 1. The van der Waals surface area contributed by atoms with Crippen molar-refractivity contribution in [2.24, 2.45) is 11.7 Å². The SMILES string of the molecule is Cc1n[nH]c(C)c1N1CC(C(N)=O)CC1=O. The van der Waals surface area contributed by atoms with Crippen molar-refractivity contribution in [2.45, 2.75) is 20.3 Å². The maximum absolute atomic E-state index is 11.8. The topological polar surface area (TPSA) is 92.1 Å². The number of nitrogens with two attached hydrogens (primary N) is 1. The van der Waals surface area contributed by atoms with Gasteiger partial charge in [0.1, 0.15) is 0 Å². The molecule has 1 saturated heterocycles. The maximum Gasteiger partial charge on any atom is 0.227 e. The summed E-state index contributed by atoms with van der Waals surface area (Å²) in [5.41, 5.74) is 7.57. The molecule has 6 nitrogen and oxygen atoms in total. The van der Waals surface area contributed by atoms with Gasteiger partial charge >= 0.3 is 0 Å². The summed E-state index contributed by atoms with van der Waals surface area (Å²) in [7, 11) is 0. The summed E-state index contributed by atoms with van der Waals surface area (Å²) < 4.78 is 0. The summed E-state index contributed by atoms with van der Waals surface area (Å²) in [4.78, 5) is 24.4. The molecule has 1 unspecified atom stereocenters. The summed E-state index contributed by atoms with van der Waals surface area (Å²) in [6, 6.07) is 0. The number of aromatic amines is 1. The van der Waals surface area contributed by atoms with E-state index in [4.69, 9.17) is 5.73 Å². The standard InChI is InChI=1S/C10H14N4O2/c1-5-9(6(2)13-12-5)14-4-7(10(11)16)3-8(14)15/h7H,3-4H2,1-2H3,(H2,11,16)(H,12,13). The summed E-state index contributed by atoms with van der Waals surface area (Å²) in [5, 5.41) is 6.85. The molecule has 1 aliphatic rings. The van der Waals surface area contributed by atoms with Gasteiger partial charge < -0.3 is 10.6 Å². The van der Waals surface area contributed by atoms with Gasteiger partial charge in [0.25, 0.3) is 0 Å². The molecule has 2 rings (SSSR count). The van der Waals surface area contributed by atoms with Crippen LogP contribution in [-0.4, -0.2) is 28.6 Å². The summed E-state index contributed by atoms with van der Waals surface area (Å²) in [6.07, 6.45) is 0.194. The van der Waals surface area contributed by atoms with E-state index in [0.29, 0.717) is 6.54 Å². The van der Waals surface area contributed by atoms with Crippen LogP contribution in [0, 0.1) is 19.8 Å². The Labute approximate surface area is 92.8 Å². The van der Waals surface area contributed by atoms with Crippen LogP contribution in [0.1, 0.15) is 17.8 Å². The van der Waals surface area contributed by atoms with Gasteiger partial charge in [-0.05, 0) is 13.8 Å². The molecular weight excluding hydrogens is 208 g/mol. The van der Waals surface area contributed by atoms with E-state index in [1.54, 1.807) is 4.90 Å². The van der Waals surface area contributed by atoms with E-state index in [1.165, 1.54) is 0 Å². The van der Waals surface area contributed by atoms with Gasteiger partial charge in [-0.3, -0.25) is 14.7 Å². The van der Waals surface area contributed by atoms with Crippen LogP contribution < -0.4 is 10.6 Å². The van der Waals surface area contributed by atoms with Crippen molar-refractivity contribution < 1.29 is 9.59 Å². The molecule has 2 heterocycles. The van der Waals surface area contributed by atoms with Crippen LogP contribution in [0.25, 0.3) is 0 Å². The summed E-state index contributed by atoms with van der Waals surface area (Å²) in [5.74, 6) is -0.882. The number of carbonyl (C=O) groups is 2. The maximum atomic E-state index is 11.8. The first-order valence-corrected chi connectivity index (χ1v) is 5.12. The number of hydrogen-bond acceptors (Lipinski definition) is 3. The highest BCUT2D eigenvalue weighted by Gasteiger charge is 2.35. The normalized spacial score (nSPS) is 20.5. The van der Waals surface area contributed by atoms with Crippen molar-refractivity contribution in [3.8, 4) is 0 Å². The molecule has 16 heavy (non-hydrogen) atoms. The zero-order chi connectivity index (χ0) is 11.9. The monoisotopic (exact) mass is 222 g/mol. The zero-order valence-electron chi connectivity index (χ0n) is 9.28. The van der Waals surface area contributed by atoms with E-state index >= 15 is 0 Å². The largest absolute Gasteiger partial charge is 0.369 e. The summed E-state index contributed by atoms with van der Waals surface area (Å²) in [6.45, 7) is 4.03. The van der Waals surface area contributed by atoms with Crippen molar-refractivity contribution in [1.82, 2.24) is 10.2 Å². The minimum Gasteiger partial charge on any atom is -0.369 e. The fourth-order valence-corrected chi connectivity index (χ4v) is 2.06. The lowest BCUT2D eigenvalue weighted by molar-refractivity contribution is -0.123. The predicted molar refractivity (Wildman–Crippen MR) is 57.7 cm³/mol. The van der Waals surface area contributed by atoms with Gasteiger partial charge in [0, 0.05) is 13.0 Å². The second kappa shape index (κ2) is 3.62. The highest BCUT2D eigenvalue weighted by Crippen LogP contribution is 2.29. The number of anilines is 1. The third kappa shape index (κ3) is 1.56. The zero-order valence-corrected chi connectivity index (χ0v) is 9.28. The molecular formula is C10H14N4O2. The highest BCUT2D eigenvalue weighted by molar-refractivity contribution is 6.00. The number of carbonyl (C=O) groups excluding carboxylic acids is 2. The first kappa shape index (κ1) is 10.7. The van der Waals surface area contributed by atoms with Crippen LogP contribution in [0.15, 0.2) is 0 Å². The Hall–Kier alpha value is -1.85. The van der Waals surface area contributed by atoms with Crippen LogP contribution in [0.2, 0.25) is 0 Å². The molecule has 2 amide bonds. The van der Waals surface area contributed by atoms with Crippen LogP contribution in [0.4, 0.5) is 5.69 Å². The molecule has 0 spiro atoms. The van der Waals surface area contributed by atoms with Gasteiger partial charge in [-0.15, -0.1) is 0 Å². The molecule has 3 N–H and O–H groups in total. The number of amides is 2. The van der Waals surface area contributed by atoms with E-state index in [0.717, 1.165) is 17.1 Å². The summed E-state index contributed by atoms with van der Waals surface area (Å²) >= 11 is 0. The third-order valence-electron chi connectivity index (χ3n) is 2.89. The minimum absolute atomic E-state index is 0.0728. The molecule has 1 aromatic heterocycles. The van der Waals surface area contributed by atoms with Gasteiger partial charge in [0.05, 0.1) is 23.0 Å². The number of nitrogens with zero attached hydrogens (tertiary/aromatic N) is 2. The lowest BCUT2D eigenvalue weighted by atomic mass is 10.1. The number of nitrogens with one attached hydrogen (secondary N) is 1.